The first-order valence-electron chi connectivity index (χ1n) is 9.41. The van der Waals surface area contributed by atoms with E-state index in [4.69, 9.17) is 14.2 Å². The molecule has 144 valence electrons. The summed E-state index contributed by atoms with van der Waals surface area (Å²) in [5, 5.41) is 0. The summed E-state index contributed by atoms with van der Waals surface area (Å²) in [5.74, 6) is 1.99. The number of likely N-dealkylation sites (tertiary alicyclic amines) is 1. The molecule has 1 saturated heterocycles. The fraction of sp³-hybridized carbons (Fsp3) is 0.409. The Morgan fingerprint density at radius 1 is 1.00 bits per heavy atom. The lowest BCUT2D eigenvalue weighted by molar-refractivity contribution is -0.135. The van der Waals surface area contributed by atoms with Crippen LogP contribution in [0, 0.1) is 5.92 Å². The standard InChI is InChI=1S/C22H27NO4/c1-25-20-7-9-21(10-8-20)27-17-22(24)23-13-11-19(12-14-23)16-26-15-18-5-3-2-4-6-18/h2-10,19H,11-17H2,1H3. The van der Waals surface area contributed by atoms with Gasteiger partial charge < -0.3 is 19.1 Å². The third-order valence-electron chi connectivity index (χ3n) is 4.85. The van der Waals surface area contributed by atoms with Crippen molar-refractivity contribution in [3.8, 4) is 11.5 Å². The summed E-state index contributed by atoms with van der Waals surface area (Å²) >= 11 is 0. The Morgan fingerprint density at radius 2 is 1.67 bits per heavy atom. The second-order valence-corrected chi connectivity index (χ2v) is 6.79. The minimum absolute atomic E-state index is 0.0365. The van der Waals surface area contributed by atoms with Gasteiger partial charge in [-0.3, -0.25) is 4.79 Å². The molecule has 5 heteroatoms. The van der Waals surface area contributed by atoms with E-state index in [-0.39, 0.29) is 12.5 Å². The molecule has 3 rings (SSSR count). The van der Waals surface area contributed by atoms with Crippen LogP contribution >= 0.6 is 0 Å². The average molecular weight is 369 g/mol. The lowest BCUT2D eigenvalue weighted by Crippen LogP contribution is -2.41. The molecular formula is C22H27NO4. The van der Waals surface area contributed by atoms with E-state index in [9.17, 15) is 4.79 Å². The number of methoxy groups -OCH3 is 1. The molecule has 5 nitrogen and oxygen atoms in total. The zero-order valence-corrected chi connectivity index (χ0v) is 15.8. The summed E-state index contributed by atoms with van der Waals surface area (Å²) in [6.07, 6.45) is 1.95. The molecule has 2 aromatic carbocycles. The Bertz CT molecular complexity index is 694. The first-order chi connectivity index (χ1) is 13.2. The number of ether oxygens (including phenoxy) is 3. The van der Waals surface area contributed by atoms with Crippen LogP contribution in [0.15, 0.2) is 54.6 Å². The predicted octanol–water partition coefficient (Wildman–Crippen LogP) is 3.53. The van der Waals surface area contributed by atoms with Crippen molar-refractivity contribution in [3.63, 3.8) is 0 Å². The Balaban J connectivity index is 1.33. The highest BCUT2D eigenvalue weighted by Gasteiger charge is 2.23. The zero-order chi connectivity index (χ0) is 18.9. The van der Waals surface area contributed by atoms with Crippen molar-refractivity contribution in [1.29, 1.82) is 0 Å². The molecule has 1 heterocycles. The molecule has 0 bridgehead atoms. The van der Waals surface area contributed by atoms with Crippen LogP contribution in [0.3, 0.4) is 0 Å². The smallest absolute Gasteiger partial charge is 0.260 e. The van der Waals surface area contributed by atoms with E-state index in [2.05, 4.69) is 12.1 Å². The topological polar surface area (TPSA) is 48.0 Å². The summed E-state index contributed by atoms with van der Waals surface area (Å²) < 4.78 is 16.5. The van der Waals surface area contributed by atoms with E-state index in [0.717, 1.165) is 38.3 Å². The minimum atomic E-state index is 0.0365. The van der Waals surface area contributed by atoms with Gasteiger partial charge in [0.05, 0.1) is 13.7 Å². The first-order valence-corrected chi connectivity index (χ1v) is 9.41. The van der Waals surface area contributed by atoms with Gasteiger partial charge in [0.15, 0.2) is 6.61 Å². The fourth-order valence-corrected chi connectivity index (χ4v) is 3.18. The van der Waals surface area contributed by atoms with E-state index in [0.29, 0.717) is 18.3 Å². The van der Waals surface area contributed by atoms with Crippen LogP contribution in [-0.4, -0.2) is 44.2 Å². The number of hydrogen-bond donors (Lipinski definition) is 0. The highest BCUT2D eigenvalue weighted by molar-refractivity contribution is 5.77. The summed E-state index contributed by atoms with van der Waals surface area (Å²) in [5.41, 5.74) is 1.20. The molecule has 0 atom stereocenters. The second-order valence-electron chi connectivity index (χ2n) is 6.79. The molecule has 1 aliphatic rings. The fourth-order valence-electron chi connectivity index (χ4n) is 3.18. The van der Waals surface area contributed by atoms with E-state index in [1.807, 2.05) is 47.4 Å². The van der Waals surface area contributed by atoms with Crippen molar-refractivity contribution >= 4 is 5.91 Å². The van der Waals surface area contributed by atoms with Gasteiger partial charge in [-0.15, -0.1) is 0 Å². The summed E-state index contributed by atoms with van der Waals surface area (Å²) in [6.45, 7) is 3.00. The minimum Gasteiger partial charge on any atom is -0.497 e. The maximum atomic E-state index is 12.3. The molecule has 1 aliphatic heterocycles. The molecular weight excluding hydrogens is 342 g/mol. The van der Waals surface area contributed by atoms with Gasteiger partial charge in [0.25, 0.3) is 5.91 Å². The third kappa shape index (κ3) is 6.00. The predicted molar refractivity (Wildman–Crippen MR) is 104 cm³/mol. The van der Waals surface area contributed by atoms with Gasteiger partial charge in [-0.25, -0.2) is 0 Å². The molecule has 0 aliphatic carbocycles. The molecule has 1 amide bonds. The van der Waals surface area contributed by atoms with E-state index >= 15 is 0 Å². The number of hydrogen-bond acceptors (Lipinski definition) is 4. The molecule has 0 unspecified atom stereocenters. The van der Waals surface area contributed by atoms with Gasteiger partial charge in [0.2, 0.25) is 0 Å². The highest BCUT2D eigenvalue weighted by Crippen LogP contribution is 2.20. The Hall–Kier alpha value is -2.53. The van der Waals surface area contributed by atoms with Gasteiger partial charge >= 0.3 is 0 Å². The Morgan fingerprint density at radius 3 is 2.33 bits per heavy atom. The monoisotopic (exact) mass is 369 g/mol. The Labute approximate surface area is 160 Å². The molecule has 1 fully saturated rings. The number of carbonyl (C=O) groups is 1. The van der Waals surface area contributed by atoms with Crippen LogP contribution in [-0.2, 0) is 16.1 Å². The van der Waals surface area contributed by atoms with Gasteiger partial charge in [-0.1, -0.05) is 30.3 Å². The number of benzene rings is 2. The highest BCUT2D eigenvalue weighted by atomic mass is 16.5. The maximum absolute atomic E-state index is 12.3. The van der Waals surface area contributed by atoms with Crippen molar-refractivity contribution in [2.75, 3.05) is 33.4 Å². The van der Waals surface area contributed by atoms with Crippen molar-refractivity contribution in [3.05, 3.63) is 60.2 Å². The lowest BCUT2D eigenvalue weighted by Gasteiger charge is -2.31. The molecule has 0 radical (unpaired) electrons. The van der Waals surface area contributed by atoms with E-state index < -0.39 is 0 Å². The van der Waals surface area contributed by atoms with Crippen molar-refractivity contribution in [2.45, 2.75) is 19.4 Å². The van der Waals surface area contributed by atoms with Crippen LogP contribution in [0.1, 0.15) is 18.4 Å². The quantitative estimate of drug-likeness (QED) is 0.714. The SMILES string of the molecule is COc1ccc(OCC(=O)N2CCC(COCc3ccccc3)CC2)cc1. The van der Waals surface area contributed by atoms with Crippen molar-refractivity contribution in [2.24, 2.45) is 5.92 Å². The Kier molecular flexibility index (Phi) is 7.11. The molecule has 0 spiro atoms. The van der Waals surface area contributed by atoms with Crippen LogP contribution < -0.4 is 9.47 Å². The molecule has 0 aromatic heterocycles. The molecule has 27 heavy (non-hydrogen) atoms. The zero-order valence-electron chi connectivity index (χ0n) is 15.8. The third-order valence-corrected chi connectivity index (χ3v) is 4.85. The average Bonchev–Trinajstić information content (AvgIpc) is 2.73. The summed E-state index contributed by atoms with van der Waals surface area (Å²) in [6, 6.07) is 17.5. The number of amides is 1. The van der Waals surface area contributed by atoms with Gasteiger partial charge in [-0.05, 0) is 48.6 Å². The number of carbonyl (C=O) groups excluding carboxylic acids is 1. The van der Waals surface area contributed by atoms with Gasteiger partial charge in [0, 0.05) is 19.7 Å². The summed E-state index contributed by atoms with van der Waals surface area (Å²) in [7, 11) is 1.62. The van der Waals surface area contributed by atoms with Crippen LogP contribution in [0.25, 0.3) is 0 Å². The number of piperidine rings is 1. The molecule has 0 saturated carbocycles. The number of rotatable bonds is 8. The van der Waals surface area contributed by atoms with Gasteiger partial charge in [0.1, 0.15) is 11.5 Å². The van der Waals surface area contributed by atoms with Gasteiger partial charge in [-0.2, -0.15) is 0 Å². The van der Waals surface area contributed by atoms with E-state index in [1.54, 1.807) is 7.11 Å². The van der Waals surface area contributed by atoms with Crippen LogP contribution in [0.5, 0.6) is 11.5 Å². The first kappa shape index (κ1) is 19.2. The lowest BCUT2D eigenvalue weighted by atomic mass is 9.98. The second kappa shape index (κ2) is 9.97. The van der Waals surface area contributed by atoms with Crippen LogP contribution in [0.4, 0.5) is 0 Å². The molecule has 0 N–H and O–H groups in total. The van der Waals surface area contributed by atoms with Crippen LogP contribution in [0.2, 0.25) is 0 Å². The molecule has 2 aromatic rings. The maximum Gasteiger partial charge on any atom is 0.260 e. The van der Waals surface area contributed by atoms with E-state index in [1.165, 1.54) is 5.56 Å². The number of nitrogens with zero attached hydrogens (tertiary/aromatic N) is 1. The van der Waals surface area contributed by atoms with Crippen molar-refractivity contribution < 1.29 is 19.0 Å². The normalized spacial score (nSPS) is 14.8. The largest absolute Gasteiger partial charge is 0.497 e. The van der Waals surface area contributed by atoms with Crippen molar-refractivity contribution in [1.82, 2.24) is 4.90 Å². The summed E-state index contributed by atoms with van der Waals surface area (Å²) in [4.78, 5) is 14.2.